The molecule has 96 valence electrons. The van der Waals surface area contributed by atoms with E-state index in [1.165, 1.54) is 0 Å². The fourth-order valence-corrected chi connectivity index (χ4v) is 1.62. The number of fused-ring (bicyclic) bond motifs is 1. The highest BCUT2D eigenvalue weighted by Crippen LogP contribution is 2.17. The summed E-state index contributed by atoms with van der Waals surface area (Å²) in [6.07, 6.45) is 0.400. The Balaban J connectivity index is 1.85. The summed E-state index contributed by atoms with van der Waals surface area (Å²) in [5.74, 6) is 0.0219. The summed E-state index contributed by atoms with van der Waals surface area (Å²) in [5.41, 5.74) is 1.55. The van der Waals surface area contributed by atoms with Crippen LogP contribution in [-0.2, 0) is 4.79 Å². The zero-order chi connectivity index (χ0) is 13.0. The second kappa shape index (κ2) is 5.53. The molecule has 18 heavy (non-hydrogen) atoms. The lowest BCUT2D eigenvalue weighted by atomic mass is 10.3. The molecule has 0 saturated heterocycles. The molecule has 0 aliphatic carbocycles. The molecule has 5 nitrogen and oxygen atoms in total. The highest BCUT2D eigenvalue weighted by Gasteiger charge is 2.06. The number of hydrogen-bond acceptors (Lipinski definition) is 4. The van der Waals surface area contributed by atoms with Gasteiger partial charge in [-0.15, -0.1) is 0 Å². The number of amides is 1. The minimum atomic E-state index is 0.0219. The number of nitrogens with zero attached hydrogens (tertiary/aromatic N) is 1. The lowest BCUT2D eigenvalue weighted by Gasteiger charge is -2.07. The number of rotatable bonds is 5. The Labute approximate surface area is 106 Å². The molecule has 2 N–H and O–H groups in total. The van der Waals surface area contributed by atoms with Gasteiger partial charge in [0.05, 0.1) is 0 Å². The molecule has 0 aliphatic rings. The number of benzene rings is 1. The van der Waals surface area contributed by atoms with Crippen LogP contribution >= 0.6 is 0 Å². The molecule has 0 spiro atoms. The van der Waals surface area contributed by atoms with Gasteiger partial charge in [0.25, 0.3) is 6.01 Å². The molecule has 1 aromatic carbocycles. The third-order valence-corrected chi connectivity index (χ3v) is 2.37. The number of carbonyl (C=O) groups is 1. The summed E-state index contributed by atoms with van der Waals surface area (Å²) in [4.78, 5) is 15.7. The zero-order valence-electron chi connectivity index (χ0n) is 10.6. The van der Waals surface area contributed by atoms with E-state index < -0.39 is 0 Å². The van der Waals surface area contributed by atoms with Gasteiger partial charge in [-0.1, -0.05) is 12.1 Å². The maximum Gasteiger partial charge on any atom is 0.295 e. The van der Waals surface area contributed by atoms with Crippen LogP contribution in [-0.4, -0.2) is 23.5 Å². The first-order valence-electron chi connectivity index (χ1n) is 6.04. The second-order valence-electron chi connectivity index (χ2n) is 4.39. The second-order valence-corrected chi connectivity index (χ2v) is 4.39. The largest absolute Gasteiger partial charge is 0.424 e. The molecular formula is C13H17N3O2. The van der Waals surface area contributed by atoms with Crippen molar-refractivity contribution in [1.29, 1.82) is 0 Å². The van der Waals surface area contributed by atoms with Crippen molar-refractivity contribution in [3.8, 4) is 0 Å². The Kier molecular flexibility index (Phi) is 3.82. The number of nitrogens with one attached hydrogen (secondary N) is 2. The maximum atomic E-state index is 11.4. The predicted molar refractivity (Wildman–Crippen MR) is 70.4 cm³/mol. The Morgan fingerprint density at radius 3 is 2.89 bits per heavy atom. The van der Waals surface area contributed by atoms with E-state index in [9.17, 15) is 4.79 Å². The van der Waals surface area contributed by atoms with Gasteiger partial charge >= 0.3 is 0 Å². The molecule has 5 heteroatoms. The summed E-state index contributed by atoms with van der Waals surface area (Å²) >= 11 is 0. The molecule has 0 atom stereocenters. The summed E-state index contributed by atoms with van der Waals surface area (Å²) in [6, 6.07) is 8.17. The van der Waals surface area contributed by atoms with Crippen molar-refractivity contribution in [3.63, 3.8) is 0 Å². The standard InChI is InChI=1S/C13H17N3O2/c1-9(2)15-12(17)7-8-14-13-16-10-5-3-4-6-11(10)18-13/h3-6,9H,7-8H2,1-2H3,(H,14,16)(H,15,17). The smallest absolute Gasteiger partial charge is 0.295 e. The minimum absolute atomic E-state index is 0.0219. The van der Waals surface area contributed by atoms with Crippen molar-refractivity contribution in [1.82, 2.24) is 10.3 Å². The maximum absolute atomic E-state index is 11.4. The number of para-hydroxylation sites is 2. The van der Waals surface area contributed by atoms with E-state index in [1.807, 2.05) is 38.1 Å². The van der Waals surface area contributed by atoms with Crippen LogP contribution in [0, 0.1) is 0 Å². The molecule has 0 aliphatic heterocycles. The zero-order valence-corrected chi connectivity index (χ0v) is 10.6. The predicted octanol–water partition coefficient (Wildman–Crippen LogP) is 2.15. The fraction of sp³-hybridized carbons (Fsp3) is 0.385. The number of anilines is 1. The van der Waals surface area contributed by atoms with Crippen LogP contribution in [0.3, 0.4) is 0 Å². The van der Waals surface area contributed by atoms with Crippen molar-refractivity contribution < 1.29 is 9.21 Å². The van der Waals surface area contributed by atoms with E-state index in [4.69, 9.17) is 4.42 Å². The Bertz CT molecular complexity index is 501. The lowest BCUT2D eigenvalue weighted by Crippen LogP contribution is -2.31. The number of aromatic nitrogens is 1. The van der Waals surface area contributed by atoms with Gasteiger partial charge < -0.3 is 15.1 Å². The van der Waals surface area contributed by atoms with E-state index in [0.717, 1.165) is 11.1 Å². The van der Waals surface area contributed by atoms with Crippen molar-refractivity contribution in [2.75, 3.05) is 11.9 Å². The highest BCUT2D eigenvalue weighted by atomic mass is 16.4. The molecule has 1 heterocycles. The Morgan fingerprint density at radius 2 is 2.17 bits per heavy atom. The van der Waals surface area contributed by atoms with Crippen molar-refractivity contribution in [3.05, 3.63) is 24.3 Å². The highest BCUT2D eigenvalue weighted by molar-refractivity contribution is 5.77. The quantitative estimate of drug-likeness (QED) is 0.849. The molecule has 0 radical (unpaired) electrons. The summed E-state index contributed by atoms with van der Waals surface area (Å²) < 4.78 is 5.48. The number of hydrogen-bond donors (Lipinski definition) is 2. The Morgan fingerprint density at radius 1 is 1.39 bits per heavy atom. The third kappa shape index (κ3) is 3.23. The molecule has 0 unspecified atom stereocenters. The van der Waals surface area contributed by atoms with Crippen molar-refractivity contribution in [2.24, 2.45) is 0 Å². The first kappa shape index (κ1) is 12.4. The monoisotopic (exact) mass is 247 g/mol. The summed E-state index contributed by atoms with van der Waals surface area (Å²) in [6.45, 7) is 4.38. The van der Waals surface area contributed by atoms with Crippen LogP contribution in [0.4, 0.5) is 6.01 Å². The lowest BCUT2D eigenvalue weighted by molar-refractivity contribution is -0.121. The van der Waals surface area contributed by atoms with Crippen LogP contribution in [0.5, 0.6) is 0 Å². The molecule has 0 fully saturated rings. The third-order valence-electron chi connectivity index (χ3n) is 2.37. The molecule has 2 rings (SSSR count). The van der Waals surface area contributed by atoms with Crippen LogP contribution < -0.4 is 10.6 Å². The minimum Gasteiger partial charge on any atom is -0.424 e. The van der Waals surface area contributed by atoms with Crippen LogP contribution in [0.15, 0.2) is 28.7 Å². The van der Waals surface area contributed by atoms with Crippen molar-refractivity contribution >= 4 is 23.0 Å². The summed E-state index contributed by atoms with van der Waals surface area (Å²) in [7, 11) is 0. The average Bonchev–Trinajstić information content (AvgIpc) is 2.70. The molecule has 1 amide bonds. The van der Waals surface area contributed by atoms with Crippen LogP contribution in [0.1, 0.15) is 20.3 Å². The molecule has 2 aromatic rings. The van der Waals surface area contributed by atoms with Gasteiger partial charge in [-0.2, -0.15) is 4.98 Å². The topological polar surface area (TPSA) is 67.2 Å². The fourth-order valence-electron chi connectivity index (χ4n) is 1.62. The molecule has 1 aromatic heterocycles. The first-order valence-corrected chi connectivity index (χ1v) is 6.04. The van der Waals surface area contributed by atoms with Gasteiger partial charge in [-0.05, 0) is 26.0 Å². The van der Waals surface area contributed by atoms with Crippen molar-refractivity contribution in [2.45, 2.75) is 26.3 Å². The Hall–Kier alpha value is -2.04. The van der Waals surface area contributed by atoms with Gasteiger partial charge in [0.1, 0.15) is 5.52 Å². The van der Waals surface area contributed by atoms with Crippen LogP contribution in [0.2, 0.25) is 0 Å². The van der Waals surface area contributed by atoms with E-state index in [0.29, 0.717) is 19.0 Å². The van der Waals surface area contributed by atoms with Gasteiger partial charge in [0.2, 0.25) is 5.91 Å². The number of carbonyl (C=O) groups excluding carboxylic acids is 1. The van der Waals surface area contributed by atoms with E-state index in [2.05, 4.69) is 15.6 Å². The van der Waals surface area contributed by atoms with Gasteiger partial charge in [0, 0.05) is 19.0 Å². The van der Waals surface area contributed by atoms with E-state index in [-0.39, 0.29) is 11.9 Å². The SMILES string of the molecule is CC(C)NC(=O)CCNc1nc2ccccc2o1. The molecule has 0 bridgehead atoms. The average molecular weight is 247 g/mol. The number of oxazole rings is 1. The normalized spacial score (nSPS) is 10.8. The van der Waals surface area contributed by atoms with Gasteiger partial charge in [-0.25, -0.2) is 0 Å². The van der Waals surface area contributed by atoms with Gasteiger partial charge in [-0.3, -0.25) is 4.79 Å². The first-order chi connectivity index (χ1) is 8.65. The van der Waals surface area contributed by atoms with Crippen LogP contribution in [0.25, 0.3) is 11.1 Å². The summed E-state index contributed by atoms with van der Waals surface area (Å²) in [5, 5.41) is 5.83. The molecule has 0 saturated carbocycles. The van der Waals surface area contributed by atoms with Gasteiger partial charge in [0.15, 0.2) is 5.58 Å². The van der Waals surface area contributed by atoms with E-state index in [1.54, 1.807) is 0 Å². The van der Waals surface area contributed by atoms with E-state index >= 15 is 0 Å². The molecular weight excluding hydrogens is 230 g/mol.